The molecule has 20 heavy (non-hydrogen) atoms. The Morgan fingerprint density at radius 3 is 2.35 bits per heavy atom. The number of carboxylic acids is 1. The van der Waals surface area contributed by atoms with Crippen molar-refractivity contribution in [2.45, 2.75) is 38.9 Å². The van der Waals surface area contributed by atoms with Crippen LogP contribution >= 0.6 is 0 Å². The summed E-state index contributed by atoms with van der Waals surface area (Å²) in [6, 6.07) is 0. The molecular weight excluding hydrogens is 266 g/mol. The van der Waals surface area contributed by atoms with Crippen molar-refractivity contribution < 1.29 is 24.5 Å². The number of aliphatic carboxylic acids is 1. The van der Waals surface area contributed by atoms with Crippen LogP contribution in [0.5, 0.6) is 0 Å². The van der Waals surface area contributed by atoms with E-state index in [9.17, 15) is 14.7 Å². The highest BCUT2D eigenvalue weighted by Gasteiger charge is 2.17. The lowest BCUT2D eigenvalue weighted by atomic mass is 10.1. The summed E-state index contributed by atoms with van der Waals surface area (Å²) in [5.41, 5.74) is -0.385. The molecule has 1 heterocycles. The molecule has 0 aliphatic heterocycles. The molecule has 0 unspecified atom stereocenters. The number of aliphatic hydroxyl groups excluding tert-OH is 1. The zero-order valence-corrected chi connectivity index (χ0v) is 11.5. The van der Waals surface area contributed by atoms with Gasteiger partial charge in [0, 0.05) is 18.0 Å². The van der Waals surface area contributed by atoms with Crippen LogP contribution < -0.4 is 5.32 Å². The highest BCUT2D eigenvalue weighted by molar-refractivity contribution is 5.82. The number of anilines is 1. The van der Waals surface area contributed by atoms with Crippen LogP contribution in [0.25, 0.3) is 0 Å². The van der Waals surface area contributed by atoms with E-state index >= 15 is 0 Å². The van der Waals surface area contributed by atoms with Gasteiger partial charge < -0.3 is 14.9 Å². The molecule has 1 rings (SSSR count). The average Bonchev–Trinajstić information content (AvgIpc) is 2.26. The van der Waals surface area contributed by atoms with Gasteiger partial charge >= 0.3 is 12.1 Å². The number of hydrogen-bond acceptors (Lipinski definition) is 6. The van der Waals surface area contributed by atoms with Gasteiger partial charge in [-0.1, -0.05) is 0 Å². The van der Waals surface area contributed by atoms with E-state index in [1.54, 1.807) is 20.8 Å². The fourth-order valence-electron chi connectivity index (χ4n) is 1.25. The van der Waals surface area contributed by atoms with Gasteiger partial charge in [0.25, 0.3) is 0 Å². The predicted molar refractivity (Wildman–Crippen MR) is 69.1 cm³/mol. The standard InChI is InChI=1S/C12H17N3O5/c1-12(2,3)20-11(19)15-10-13-5-7(6-14-10)8(16)4-9(17)18/h5-6,8,16H,4H2,1-3H3,(H,17,18)(H,13,14,15,19)/t8-/m0/s1. The normalized spacial score (nSPS) is 12.6. The number of nitrogens with zero attached hydrogens (tertiary/aromatic N) is 2. The van der Waals surface area contributed by atoms with E-state index in [4.69, 9.17) is 9.84 Å². The molecule has 0 bridgehead atoms. The lowest BCUT2D eigenvalue weighted by Gasteiger charge is -2.19. The Balaban J connectivity index is 2.63. The largest absolute Gasteiger partial charge is 0.481 e. The van der Waals surface area contributed by atoms with E-state index in [2.05, 4.69) is 15.3 Å². The smallest absolute Gasteiger partial charge is 0.414 e. The molecule has 0 aromatic carbocycles. The van der Waals surface area contributed by atoms with Gasteiger partial charge in [0.05, 0.1) is 12.5 Å². The quantitative estimate of drug-likeness (QED) is 0.761. The Labute approximate surface area is 115 Å². The van der Waals surface area contributed by atoms with E-state index < -0.39 is 30.2 Å². The molecule has 0 radical (unpaired) electrons. The van der Waals surface area contributed by atoms with Gasteiger partial charge in [0.2, 0.25) is 5.95 Å². The summed E-state index contributed by atoms with van der Waals surface area (Å²) in [5, 5.41) is 20.4. The van der Waals surface area contributed by atoms with Crippen molar-refractivity contribution in [1.82, 2.24) is 9.97 Å². The fraction of sp³-hybridized carbons (Fsp3) is 0.500. The molecule has 1 atom stereocenters. The third-order valence-corrected chi connectivity index (χ3v) is 2.04. The molecule has 0 fully saturated rings. The van der Waals surface area contributed by atoms with Gasteiger partial charge in [-0.3, -0.25) is 10.1 Å². The molecule has 8 heteroatoms. The SMILES string of the molecule is CC(C)(C)OC(=O)Nc1ncc([C@@H](O)CC(=O)O)cn1. The Hall–Kier alpha value is -2.22. The van der Waals surface area contributed by atoms with Gasteiger partial charge in [-0.25, -0.2) is 14.8 Å². The Bertz CT molecular complexity index is 481. The fourth-order valence-corrected chi connectivity index (χ4v) is 1.25. The monoisotopic (exact) mass is 283 g/mol. The van der Waals surface area contributed by atoms with Crippen LogP contribution in [-0.4, -0.2) is 37.8 Å². The Morgan fingerprint density at radius 2 is 1.90 bits per heavy atom. The molecule has 1 aromatic heterocycles. The summed E-state index contributed by atoms with van der Waals surface area (Å²) in [5.74, 6) is -1.13. The first-order chi connectivity index (χ1) is 9.17. The number of carboxylic acid groups (broad SMARTS) is 1. The van der Waals surface area contributed by atoms with Crippen molar-refractivity contribution >= 4 is 18.0 Å². The highest BCUT2D eigenvalue weighted by atomic mass is 16.6. The maximum absolute atomic E-state index is 11.5. The van der Waals surface area contributed by atoms with E-state index in [0.29, 0.717) is 0 Å². The number of carbonyl (C=O) groups excluding carboxylic acids is 1. The maximum Gasteiger partial charge on any atom is 0.414 e. The number of aromatic nitrogens is 2. The Kier molecular flexibility index (Phi) is 4.98. The first kappa shape index (κ1) is 15.8. The van der Waals surface area contributed by atoms with Crippen molar-refractivity contribution in [3.8, 4) is 0 Å². The van der Waals surface area contributed by atoms with Crippen molar-refractivity contribution in [3.63, 3.8) is 0 Å². The van der Waals surface area contributed by atoms with Crippen LogP contribution in [0.4, 0.5) is 10.7 Å². The third kappa shape index (κ3) is 5.61. The third-order valence-electron chi connectivity index (χ3n) is 2.04. The van der Waals surface area contributed by atoms with Crippen LogP contribution in [0.15, 0.2) is 12.4 Å². The van der Waals surface area contributed by atoms with Crippen molar-refractivity contribution in [2.24, 2.45) is 0 Å². The zero-order valence-electron chi connectivity index (χ0n) is 11.5. The summed E-state index contributed by atoms with van der Waals surface area (Å²) in [7, 11) is 0. The summed E-state index contributed by atoms with van der Waals surface area (Å²) in [6.45, 7) is 5.16. The summed E-state index contributed by atoms with van der Waals surface area (Å²) in [4.78, 5) is 29.5. The molecule has 3 N–H and O–H groups in total. The summed E-state index contributed by atoms with van der Waals surface area (Å²) >= 11 is 0. The molecule has 0 saturated heterocycles. The van der Waals surface area contributed by atoms with Gasteiger partial charge in [0.1, 0.15) is 5.60 Å². The van der Waals surface area contributed by atoms with Crippen LogP contribution in [0.1, 0.15) is 38.9 Å². The van der Waals surface area contributed by atoms with Gasteiger partial charge in [0.15, 0.2) is 0 Å². The molecule has 0 saturated carbocycles. The van der Waals surface area contributed by atoms with Crippen LogP contribution in [-0.2, 0) is 9.53 Å². The number of amides is 1. The highest BCUT2D eigenvalue weighted by Crippen LogP contribution is 2.15. The zero-order chi connectivity index (χ0) is 15.3. The van der Waals surface area contributed by atoms with Crippen LogP contribution in [0.3, 0.4) is 0 Å². The molecule has 0 spiro atoms. The molecule has 8 nitrogen and oxygen atoms in total. The Morgan fingerprint density at radius 1 is 1.35 bits per heavy atom. The van der Waals surface area contributed by atoms with Crippen molar-refractivity contribution in [1.29, 1.82) is 0 Å². The lowest BCUT2D eigenvalue weighted by Crippen LogP contribution is -2.27. The number of ether oxygens (including phenoxy) is 1. The molecule has 110 valence electrons. The van der Waals surface area contributed by atoms with Crippen LogP contribution in [0.2, 0.25) is 0 Å². The number of aliphatic hydroxyl groups is 1. The predicted octanol–water partition coefficient (Wildman–Crippen LogP) is 1.33. The van der Waals surface area contributed by atoms with Gasteiger partial charge in [-0.15, -0.1) is 0 Å². The van der Waals surface area contributed by atoms with Crippen molar-refractivity contribution in [3.05, 3.63) is 18.0 Å². The number of rotatable bonds is 4. The van der Waals surface area contributed by atoms with E-state index in [-0.39, 0.29) is 11.5 Å². The number of hydrogen-bond donors (Lipinski definition) is 3. The summed E-state index contributed by atoms with van der Waals surface area (Å²) < 4.78 is 5.01. The molecule has 0 aliphatic carbocycles. The molecular formula is C12H17N3O5. The summed E-state index contributed by atoms with van der Waals surface area (Å²) in [6.07, 6.45) is 0.155. The minimum atomic E-state index is -1.19. The molecule has 1 aromatic rings. The lowest BCUT2D eigenvalue weighted by molar-refractivity contribution is -0.139. The second-order valence-corrected chi connectivity index (χ2v) is 5.08. The van der Waals surface area contributed by atoms with Gasteiger partial charge in [-0.05, 0) is 20.8 Å². The average molecular weight is 283 g/mol. The molecule has 0 aliphatic rings. The van der Waals surface area contributed by atoms with E-state index in [1.807, 2.05) is 0 Å². The van der Waals surface area contributed by atoms with Gasteiger partial charge in [-0.2, -0.15) is 0 Å². The van der Waals surface area contributed by atoms with Crippen molar-refractivity contribution in [2.75, 3.05) is 5.32 Å². The second kappa shape index (κ2) is 6.29. The second-order valence-electron chi connectivity index (χ2n) is 5.08. The first-order valence-electron chi connectivity index (χ1n) is 5.89. The topological polar surface area (TPSA) is 122 Å². The van der Waals surface area contributed by atoms with E-state index in [0.717, 1.165) is 0 Å². The molecule has 1 amide bonds. The first-order valence-corrected chi connectivity index (χ1v) is 5.89. The minimum Gasteiger partial charge on any atom is -0.481 e. The number of nitrogens with one attached hydrogen (secondary N) is 1. The maximum atomic E-state index is 11.5. The van der Waals surface area contributed by atoms with Crippen LogP contribution in [0, 0.1) is 0 Å². The minimum absolute atomic E-state index is 0.00512. The van der Waals surface area contributed by atoms with E-state index in [1.165, 1.54) is 12.4 Å². The number of carbonyl (C=O) groups is 2.